The standard InChI is InChI=1S/C13H17FO2/c1-3-4-10-8-13(10,15)9-5-6-11(14)12(7-9)16-2/h5-7,10,15H,3-4,8H2,1-2H3. The van der Waals surface area contributed by atoms with Gasteiger partial charge in [0.25, 0.3) is 0 Å². The molecule has 0 bridgehead atoms. The fraction of sp³-hybridized carbons (Fsp3) is 0.538. The second-order valence-electron chi connectivity index (χ2n) is 4.46. The molecule has 0 aliphatic heterocycles. The summed E-state index contributed by atoms with van der Waals surface area (Å²) in [6.45, 7) is 2.10. The second kappa shape index (κ2) is 4.06. The number of hydrogen-bond donors (Lipinski definition) is 1. The molecule has 0 heterocycles. The van der Waals surface area contributed by atoms with Crippen molar-refractivity contribution in [1.29, 1.82) is 0 Å². The number of rotatable bonds is 4. The van der Waals surface area contributed by atoms with E-state index in [-0.39, 0.29) is 11.6 Å². The van der Waals surface area contributed by atoms with Gasteiger partial charge in [-0.05, 0) is 36.5 Å². The fourth-order valence-electron chi connectivity index (χ4n) is 2.29. The molecule has 88 valence electrons. The minimum atomic E-state index is -0.753. The van der Waals surface area contributed by atoms with Crippen LogP contribution in [0.4, 0.5) is 4.39 Å². The molecule has 0 amide bonds. The van der Waals surface area contributed by atoms with Crippen LogP contribution in [0.25, 0.3) is 0 Å². The van der Waals surface area contributed by atoms with Gasteiger partial charge in [-0.3, -0.25) is 0 Å². The molecular formula is C13H17FO2. The van der Waals surface area contributed by atoms with E-state index in [1.807, 2.05) is 0 Å². The second-order valence-corrected chi connectivity index (χ2v) is 4.46. The SMILES string of the molecule is CCCC1CC1(O)c1ccc(F)c(OC)c1. The summed E-state index contributed by atoms with van der Waals surface area (Å²) in [6.07, 6.45) is 2.84. The van der Waals surface area contributed by atoms with Crippen LogP contribution >= 0.6 is 0 Å². The largest absolute Gasteiger partial charge is 0.494 e. The number of hydrogen-bond acceptors (Lipinski definition) is 2. The fourth-order valence-corrected chi connectivity index (χ4v) is 2.29. The molecule has 1 aliphatic carbocycles. The first-order valence-corrected chi connectivity index (χ1v) is 5.68. The van der Waals surface area contributed by atoms with Crippen LogP contribution in [0.1, 0.15) is 31.7 Å². The van der Waals surface area contributed by atoms with E-state index in [0.717, 1.165) is 24.8 Å². The molecule has 2 unspecified atom stereocenters. The minimum Gasteiger partial charge on any atom is -0.494 e. The van der Waals surface area contributed by atoms with Crippen molar-refractivity contribution in [1.82, 2.24) is 0 Å². The molecule has 2 rings (SSSR count). The summed E-state index contributed by atoms with van der Waals surface area (Å²) in [7, 11) is 1.43. The summed E-state index contributed by atoms with van der Waals surface area (Å²) < 4.78 is 18.1. The number of benzene rings is 1. The quantitative estimate of drug-likeness (QED) is 0.852. The Labute approximate surface area is 95.1 Å². The highest BCUT2D eigenvalue weighted by molar-refractivity contribution is 5.37. The molecule has 1 saturated carbocycles. The Bertz CT molecular complexity index is 392. The zero-order valence-corrected chi connectivity index (χ0v) is 9.66. The maximum Gasteiger partial charge on any atom is 0.165 e. The van der Waals surface area contributed by atoms with E-state index >= 15 is 0 Å². The molecular weight excluding hydrogens is 207 g/mol. The summed E-state index contributed by atoms with van der Waals surface area (Å²) in [6, 6.07) is 4.60. The third kappa shape index (κ3) is 1.80. The molecule has 0 spiro atoms. The van der Waals surface area contributed by atoms with E-state index in [9.17, 15) is 9.50 Å². The predicted molar refractivity (Wildman–Crippen MR) is 59.9 cm³/mol. The van der Waals surface area contributed by atoms with Gasteiger partial charge in [-0.15, -0.1) is 0 Å². The Kier molecular flexibility index (Phi) is 2.89. The first-order valence-electron chi connectivity index (χ1n) is 5.68. The Morgan fingerprint density at radius 2 is 2.31 bits per heavy atom. The van der Waals surface area contributed by atoms with Crippen LogP contribution < -0.4 is 4.74 Å². The van der Waals surface area contributed by atoms with Crippen LogP contribution in [0, 0.1) is 11.7 Å². The highest BCUT2D eigenvalue weighted by atomic mass is 19.1. The van der Waals surface area contributed by atoms with E-state index in [0.29, 0.717) is 5.92 Å². The van der Waals surface area contributed by atoms with Crippen molar-refractivity contribution in [2.45, 2.75) is 31.8 Å². The van der Waals surface area contributed by atoms with Crippen molar-refractivity contribution < 1.29 is 14.2 Å². The van der Waals surface area contributed by atoms with Crippen molar-refractivity contribution >= 4 is 0 Å². The molecule has 1 N–H and O–H groups in total. The number of methoxy groups -OCH3 is 1. The van der Waals surface area contributed by atoms with Gasteiger partial charge >= 0.3 is 0 Å². The Hall–Kier alpha value is -1.09. The Morgan fingerprint density at radius 1 is 1.56 bits per heavy atom. The van der Waals surface area contributed by atoms with E-state index in [2.05, 4.69) is 6.92 Å². The molecule has 1 fully saturated rings. The number of ether oxygens (including phenoxy) is 1. The molecule has 16 heavy (non-hydrogen) atoms. The van der Waals surface area contributed by atoms with Crippen LogP contribution in [0.2, 0.25) is 0 Å². The zero-order chi connectivity index (χ0) is 11.8. The van der Waals surface area contributed by atoms with E-state index in [1.165, 1.54) is 13.2 Å². The Morgan fingerprint density at radius 3 is 2.94 bits per heavy atom. The zero-order valence-electron chi connectivity index (χ0n) is 9.66. The maximum atomic E-state index is 13.2. The van der Waals surface area contributed by atoms with E-state index in [1.54, 1.807) is 12.1 Å². The van der Waals surface area contributed by atoms with Gasteiger partial charge in [0.1, 0.15) is 0 Å². The van der Waals surface area contributed by atoms with Gasteiger partial charge in [-0.1, -0.05) is 19.4 Å². The monoisotopic (exact) mass is 224 g/mol. The first kappa shape index (κ1) is 11.4. The number of halogens is 1. The summed E-state index contributed by atoms with van der Waals surface area (Å²) in [5.41, 5.74) is 0.0148. The molecule has 3 heteroatoms. The van der Waals surface area contributed by atoms with Gasteiger partial charge in [0.05, 0.1) is 12.7 Å². The van der Waals surface area contributed by atoms with E-state index in [4.69, 9.17) is 4.74 Å². The maximum absolute atomic E-state index is 13.2. The summed E-state index contributed by atoms with van der Waals surface area (Å²) in [5, 5.41) is 10.3. The molecule has 2 atom stereocenters. The lowest BCUT2D eigenvalue weighted by molar-refractivity contribution is 0.128. The van der Waals surface area contributed by atoms with Gasteiger partial charge in [0.2, 0.25) is 0 Å². The van der Waals surface area contributed by atoms with Gasteiger partial charge in [-0.25, -0.2) is 4.39 Å². The van der Waals surface area contributed by atoms with E-state index < -0.39 is 5.60 Å². The Balaban J connectivity index is 2.22. The third-order valence-electron chi connectivity index (χ3n) is 3.36. The smallest absolute Gasteiger partial charge is 0.165 e. The minimum absolute atomic E-state index is 0.202. The molecule has 2 nitrogen and oxygen atoms in total. The predicted octanol–water partition coefficient (Wildman–Crippen LogP) is 2.84. The highest BCUT2D eigenvalue weighted by Crippen LogP contribution is 2.54. The van der Waals surface area contributed by atoms with Crippen LogP contribution in [0.5, 0.6) is 5.75 Å². The topological polar surface area (TPSA) is 29.5 Å². The summed E-state index contributed by atoms with van der Waals surface area (Å²) in [5.74, 6) is 0.128. The van der Waals surface area contributed by atoms with Crippen LogP contribution in [0.3, 0.4) is 0 Å². The molecule has 0 saturated heterocycles. The summed E-state index contributed by atoms with van der Waals surface area (Å²) >= 11 is 0. The van der Waals surface area contributed by atoms with Gasteiger partial charge < -0.3 is 9.84 Å². The lowest BCUT2D eigenvalue weighted by atomic mass is 10.0. The molecule has 1 aromatic carbocycles. The van der Waals surface area contributed by atoms with Crippen LogP contribution in [-0.2, 0) is 5.60 Å². The van der Waals surface area contributed by atoms with Crippen molar-refractivity contribution in [2.24, 2.45) is 5.92 Å². The third-order valence-corrected chi connectivity index (χ3v) is 3.36. The van der Waals surface area contributed by atoms with Crippen LogP contribution in [-0.4, -0.2) is 12.2 Å². The van der Waals surface area contributed by atoms with Gasteiger partial charge in [0, 0.05) is 0 Å². The average Bonchev–Trinajstić information content (AvgIpc) is 2.92. The normalized spacial score (nSPS) is 27.9. The summed E-state index contributed by atoms with van der Waals surface area (Å²) in [4.78, 5) is 0. The van der Waals surface area contributed by atoms with Crippen molar-refractivity contribution in [3.8, 4) is 5.75 Å². The van der Waals surface area contributed by atoms with Crippen molar-refractivity contribution in [2.75, 3.05) is 7.11 Å². The molecule has 0 radical (unpaired) electrons. The van der Waals surface area contributed by atoms with Crippen molar-refractivity contribution in [3.05, 3.63) is 29.6 Å². The molecule has 0 aromatic heterocycles. The lowest BCUT2D eigenvalue weighted by Gasteiger charge is -2.12. The van der Waals surface area contributed by atoms with Crippen molar-refractivity contribution in [3.63, 3.8) is 0 Å². The first-order chi connectivity index (χ1) is 7.61. The highest BCUT2D eigenvalue weighted by Gasteiger charge is 2.53. The number of aliphatic hydroxyl groups is 1. The van der Waals surface area contributed by atoms with Gasteiger partial charge in [0.15, 0.2) is 11.6 Å². The molecule has 1 aromatic rings. The molecule has 1 aliphatic rings. The van der Waals surface area contributed by atoms with Gasteiger partial charge in [-0.2, -0.15) is 0 Å². The van der Waals surface area contributed by atoms with Crippen LogP contribution in [0.15, 0.2) is 18.2 Å². The average molecular weight is 224 g/mol. The lowest BCUT2D eigenvalue weighted by Crippen LogP contribution is -2.09.